The minimum Gasteiger partial charge on any atom is -0.483 e. The Balaban J connectivity index is 1.63. The van der Waals surface area contributed by atoms with Crippen LogP contribution in [0.4, 0.5) is 11.4 Å². The van der Waals surface area contributed by atoms with Crippen LogP contribution in [-0.4, -0.2) is 12.5 Å². The molecular weight excluding hydrogens is 431 g/mol. The van der Waals surface area contributed by atoms with Gasteiger partial charge in [0.2, 0.25) is 0 Å². The van der Waals surface area contributed by atoms with E-state index in [1.54, 1.807) is 36.4 Å². The van der Waals surface area contributed by atoms with Gasteiger partial charge in [-0.2, -0.15) is 0 Å². The van der Waals surface area contributed by atoms with Crippen LogP contribution in [0.2, 0.25) is 15.1 Å². The number of ether oxygens (including phenoxy) is 1. The van der Waals surface area contributed by atoms with Crippen LogP contribution in [0.25, 0.3) is 0 Å². The quantitative estimate of drug-likeness (QED) is 0.428. The van der Waals surface area contributed by atoms with Gasteiger partial charge in [-0.1, -0.05) is 52.5 Å². The molecule has 0 heterocycles. The van der Waals surface area contributed by atoms with Gasteiger partial charge < -0.3 is 15.4 Å². The molecule has 3 rings (SSSR count). The number of aryl methyl sites for hydroxylation is 1. The average molecular weight is 450 g/mol. The Morgan fingerprint density at radius 3 is 2.34 bits per heavy atom. The summed E-state index contributed by atoms with van der Waals surface area (Å²) in [7, 11) is 0. The van der Waals surface area contributed by atoms with Gasteiger partial charge in [-0.15, -0.1) is 0 Å². The summed E-state index contributed by atoms with van der Waals surface area (Å²) >= 11 is 18.3. The zero-order chi connectivity index (χ0) is 20.8. The highest BCUT2D eigenvalue weighted by molar-refractivity contribution is 6.36. The molecule has 0 aromatic heterocycles. The molecule has 0 fully saturated rings. The van der Waals surface area contributed by atoms with Crippen LogP contribution >= 0.6 is 34.8 Å². The van der Waals surface area contributed by atoms with E-state index in [1.807, 2.05) is 31.2 Å². The monoisotopic (exact) mass is 448 g/mol. The summed E-state index contributed by atoms with van der Waals surface area (Å²) < 4.78 is 5.72. The number of rotatable bonds is 7. The third kappa shape index (κ3) is 6.29. The number of benzene rings is 3. The third-order valence-corrected chi connectivity index (χ3v) is 4.90. The highest BCUT2D eigenvalue weighted by Crippen LogP contribution is 2.28. The van der Waals surface area contributed by atoms with Crippen molar-refractivity contribution in [1.29, 1.82) is 0 Å². The second kappa shape index (κ2) is 9.88. The van der Waals surface area contributed by atoms with Crippen molar-refractivity contribution in [2.45, 2.75) is 13.5 Å². The van der Waals surface area contributed by atoms with Crippen molar-refractivity contribution in [2.75, 3.05) is 17.2 Å². The Morgan fingerprint density at radius 2 is 1.62 bits per heavy atom. The molecule has 0 saturated heterocycles. The number of carbonyl (C=O) groups is 1. The van der Waals surface area contributed by atoms with Crippen molar-refractivity contribution in [1.82, 2.24) is 0 Å². The van der Waals surface area contributed by atoms with Gasteiger partial charge in [0.15, 0.2) is 6.61 Å². The van der Waals surface area contributed by atoms with Crippen LogP contribution in [0.3, 0.4) is 0 Å². The molecule has 0 spiro atoms. The fourth-order valence-electron chi connectivity index (χ4n) is 2.63. The molecule has 0 aliphatic rings. The van der Waals surface area contributed by atoms with E-state index < -0.39 is 0 Å². The zero-order valence-electron chi connectivity index (χ0n) is 15.6. The molecule has 4 nitrogen and oxygen atoms in total. The molecule has 7 heteroatoms. The fraction of sp³-hybridized carbons (Fsp3) is 0.136. The first-order valence-electron chi connectivity index (χ1n) is 8.87. The lowest BCUT2D eigenvalue weighted by atomic mass is 10.2. The minimum absolute atomic E-state index is 0.121. The molecule has 2 N–H and O–H groups in total. The molecule has 150 valence electrons. The van der Waals surface area contributed by atoms with E-state index in [2.05, 4.69) is 10.6 Å². The summed E-state index contributed by atoms with van der Waals surface area (Å²) in [4.78, 5) is 12.2. The maximum Gasteiger partial charge on any atom is 0.262 e. The van der Waals surface area contributed by atoms with Crippen LogP contribution in [0.1, 0.15) is 11.1 Å². The second-order valence-electron chi connectivity index (χ2n) is 6.43. The van der Waals surface area contributed by atoms with Gasteiger partial charge in [-0.25, -0.2) is 0 Å². The first-order chi connectivity index (χ1) is 13.9. The summed E-state index contributed by atoms with van der Waals surface area (Å²) in [6.45, 7) is 2.28. The van der Waals surface area contributed by atoms with Gasteiger partial charge in [0, 0.05) is 27.8 Å². The Morgan fingerprint density at radius 1 is 0.931 bits per heavy atom. The first-order valence-corrected chi connectivity index (χ1v) is 10.0. The highest BCUT2D eigenvalue weighted by Gasteiger charge is 2.10. The molecule has 0 aliphatic heterocycles. The summed E-state index contributed by atoms with van der Waals surface area (Å²) in [5.41, 5.74) is 3.38. The zero-order valence-corrected chi connectivity index (χ0v) is 17.9. The van der Waals surface area contributed by atoms with Crippen LogP contribution in [-0.2, 0) is 11.3 Å². The Labute approximate surface area is 184 Å². The molecule has 0 radical (unpaired) electrons. The second-order valence-corrected chi connectivity index (χ2v) is 7.71. The van der Waals surface area contributed by atoms with Crippen molar-refractivity contribution in [3.05, 3.63) is 86.9 Å². The van der Waals surface area contributed by atoms with Crippen molar-refractivity contribution >= 4 is 52.1 Å². The van der Waals surface area contributed by atoms with E-state index in [1.165, 1.54) is 0 Å². The van der Waals surface area contributed by atoms with Crippen LogP contribution < -0.4 is 15.4 Å². The summed E-state index contributed by atoms with van der Waals surface area (Å²) in [5.74, 6) is 0.314. The molecular formula is C22H19Cl3N2O2. The fourth-order valence-corrected chi connectivity index (χ4v) is 3.30. The van der Waals surface area contributed by atoms with Gasteiger partial charge >= 0.3 is 0 Å². The van der Waals surface area contributed by atoms with E-state index in [0.717, 1.165) is 22.5 Å². The summed E-state index contributed by atoms with van der Waals surface area (Å²) in [5, 5.41) is 7.68. The number of amides is 1. The normalized spacial score (nSPS) is 10.5. The molecule has 1 amide bonds. The maximum absolute atomic E-state index is 12.2. The van der Waals surface area contributed by atoms with Crippen LogP contribution in [0, 0.1) is 6.92 Å². The molecule has 3 aromatic carbocycles. The van der Waals surface area contributed by atoms with E-state index in [4.69, 9.17) is 39.5 Å². The van der Waals surface area contributed by atoms with Gasteiger partial charge in [-0.05, 0) is 55.5 Å². The number of anilines is 2. The minimum atomic E-state index is -0.247. The predicted octanol–water partition coefficient (Wildman–Crippen LogP) is 6.58. The average Bonchev–Trinajstić information content (AvgIpc) is 2.68. The predicted molar refractivity (Wildman–Crippen MR) is 121 cm³/mol. The van der Waals surface area contributed by atoms with Gasteiger partial charge in [0.1, 0.15) is 5.75 Å². The highest BCUT2D eigenvalue weighted by atomic mass is 35.5. The molecule has 29 heavy (non-hydrogen) atoms. The van der Waals surface area contributed by atoms with Crippen molar-refractivity contribution < 1.29 is 9.53 Å². The Bertz CT molecular complexity index is 1010. The van der Waals surface area contributed by atoms with Gasteiger partial charge in [0.25, 0.3) is 5.91 Å². The molecule has 0 bridgehead atoms. The molecule has 0 unspecified atom stereocenters. The lowest BCUT2D eigenvalue weighted by Gasteiger charge is -2.14. The van der Waals surface area contributed by atoms with Gasteiger partial charge in [0.05, 0.1) is 10.7 Å². The number of hydrogen-bond donors (Lipinski definition) is 2. The standard InChI is InChI=1S/C22H19Cl3N2O2/c1-14-2-6-18(7-3-14)27-22(28)13-29-21-9-5-16(23)10-15(21)12-26-20-8-4-17(24)11-19(20)25/h2-11,26H,12-13H2,1H3,(H,27,28). The number of hydrogen-bond acceptors (Lipinski definition) is 3. The van der Waals surface area contributed by atoms with E-state index in [-0.39, 0.29) is 12.5 Å². The Hall–Kier alpha value is -2.40. The lowest BCUT2D eigenvalue weighted by Crippen LogP contribution is -2.20. The maximum atomic E-state index is 12.2. The largest absolute Gasteiger partial charge is 0.483 e. The SMILES string of the molecule is Cc1ccc(NC(=O)COc2ccc(Cl)cc2CNc2ccc(Cl)cc2Cl)cc1. The topological polar surface area (TPSA) is 50.4 Å². The summed E-state index contributed by atoms with van der Waals surface area (Å²) in [6, 6.07) is 18.0. The van der Waals surface area contributed by atoms with E-state index >= 15 is 0 Å². The summed E-state index contributed by atoms with van der Waals surface area (Å²) in [6.07, 6.45) is 0. The van der Waals surface area contributed by atoms with Crippen LogP contribution in [0.15, 0.2) is 60.7 Å². The van der Waals surface area contributed by atoms with Crippen molar-refractivity contribution in [3.63, 3.8) is 0 Å². The van der Waals surface area contributed by atoms with E-state index in [0.29, 0.717) is 27.4 Å². The van der Waals surface area contributed by atoms with Crippen molar-refractivity contribution in [2.24, 2.45) is 0 Å². The van der Waals surface area contributed by atoms with E-state index in [9.17, 15) is 4.79 Å². The lowest BCUT2D eigenvalue weighted by molar-refractivity contribution is -0.118. The number of nitrogens with one attached hydrogen (secondary N) is 2. The van der Waals surface area contributed by atoms with Gasteiger partial charge in [-0.3, -0.25) is 4.79 Å². The first kappa shape index (κ1) is 21.3. The number of carbonyl (C=O) groups excluding carboxylic acids is 1. The van der Waals surface area contributed by atoms with Crippen molar-refractivity contribution in [3.8, 4) is 5.75 Å². The molecule has 3 aromatic rings. The number of halogens is 3. The molecule has 0 atom stereocenters. The Kier molecular flexibility index (Phi) is 7.26. The molecule has 0 aliphatic carbocycles. The van der Waals surface area contributed by atoms with Crippen LogP contribution in [0.5, 0.6) is 5.75 Å². The molecule has 0 saturated carbocycles. The smallest absolute Gasteiger partial charge is 0.262 e. The third-order valence-electron chi connectivity index (χ3n) is 4.12.